The Morgan fingerprint density at radius 3 is 2.65 bits per heavy atom. The molecule has 5 nitrogen and oxygen atoms in total. The molecule has 3 aromatic rings. The van der Waals surface area contributed by atoms with Crippen LogP contribution in [0, 0.1) is 6.92 Å². The first-order valence-corrected chi connectivity index (χ1v) is 8.71. The van der Waals surface area contributed by atoms with Crippen LogP contribution in [0.4, 0.5) is 4.79 Å². The number of hydrogen-bond donors (Lipinski definition) is 2. The molecule has 0 bridgehead atoms. The Morgan fingerprint density at radius 2 is 1.96 bits per heavy atom. The largest absolute Gasteiger partial charge is 0.497 e. The number of rotatable bonds is 5. The van der Waals surface area contributed by atoms with Crippen LogP contribution in [0.1, 0.15) is 29.9 Å². The highest BCUT2D eigenvalue weighted by atomic mass is 35.5. The molecule has 1 heterocycles. The van der Waals surface area contributed by atoms with Crippen LogP contribution in [0.5, 0.6) is 5.75 Å². The quantitative estimate of drug-likeness (QED) is 0.665. The van der Waals surface area contributed by atoms with E-state index in [-0.39, 0.29) is 12.1 Å². The van der Waals surface area contributed by atoms with Gasteiger partial charge >= 0.3 is 6.03 Å². The van der Waals surface area contributed by atoms with Gasteiger partial charge < -0.3 is 19.8 Å². The third-order valence-corrected chi connectivity index (χ3v) is 4.54. The van der Waals surface area contributed by atoms with Crippen molar-refractivity contribution >= 4 is 28.6 Å². The van der Waals surface area contributed by atoms with Crippen LogP contribution >= 0.6 is 11.6 Å². The number of methoxy groups -OCH3 is 1. The van der Waals surface area contributed by atoms with Gasteiger partial charge in [0.1, 0.15) is 17.1 Å². The molecule has 0 radical (unpaired) electrons. The van der Waals surface area contributed by atoms with Gasteiger partial charge in [-0.1, -0.05) is 23.7 Å². The van der Waals surface area contributed by atoms with Gasteiger partial charge in [-0.15, -0.1) is 0 Å². The number of amides is 2. The Bertz CT molecular complexity index is 919. The lowest BCUT2D eigenvalue weighted by Crippen LogP contribution is -2.36. The molecule has 0 fully saturated rings. The van der Waals surface area contributed by atoms with Crippen molar-refractivity contribution in [3.05, 3.63) is 64.4 Å². The van der Waals surface area contributed by atoms with Crippen LogP contribution in [-0.4, -0.2) is 13.1 Å². The minimum Gasteiger partial charge on any atom is -0.497 e. The van der Waals surface area contributed by atoms with Crippen molar-refractivity contribution in [1.29, 1.82) is 0 Å². The van der Waals surface area contributed by atoms with Crippen LogP contribution in [0.15, 0.2) is 46.9 Å². The summed E-state index contributed by atoms with van der Waals surface area (Å²) in [6.45, 7) is 4.29. The van der Waals surface area contributed by atoms with Crippen molar-refractivity contribution in [2.75, 3.05) is 7.11 Å². The van der Waals surface area contributed by atoms with Gasteiger partial charge in [-0.2, -0.15) is 0 Å². The summed E-state index contributed by atoms with van der Waals surface area (Å²) in [6, 6.07) is 12.5. The number of ether oxygens (including phenoxy) is 1. The summed E-state index contributed by atoms with van der Waals surface area (Å²) in [6.07, 6.45) is 0. The van der Waals surface area contributed by atoms with Gasteiger partial charge in [-0.05, 0) is 49.7 Å². The SMILES string of the molecule is COc1ccc2oc(C(C)NC(=O)NCc3ccc(Cl)cc3)c(C)c2c1. The van der Waals surface area contributed by atoms with Gasteiger partial charge in [0.2, 0.25) is 0 Å². The number of hydrogen-bond acceptors (Lipinski definition) is 3. The van der Waals surface area contributed by atoms with E-state index in [1.165, 1.54) is 0 Å². The van der Waals surface area contributed by atoms with Crippen LogP contribution in [0.25, 0.3) is 11.0 Å². The molecular formula is C20H21ClN2O3. The summed E-state index contributed by atoms with van der Waals surface area (Å²) in [5.41, 5.74) is 2.74. The average Bonchev–Trinajstić information content (AvgIpc) is 2.97. The van der Waals surface area contributed by atoms with E-state index >= 15 is 0 Å². The molecule has 1 unspecified atom stereocenters. The molecule has 0 aliphatic carbocycles. The predicted molar refractivity (Wildman–Crippen MR) is 103 cm³/mol. The zero-order chi connectivity index (χ0) is 18.7. The monoisotopic (exact) mass is 372 g/mol. The molecule has 6 heteroatoms. The Hall–Kier alpha value is -2.66. The van der Waals surface area contributed by atoms with E-state index < -0.39 is 0 Å². The second-order valence-corrected chi connectivity index (χ2v) is 6.57. The third-order valence-electron chi connectivity index (χ3n) is 4.29. The molecule has 0 saturated carbocycles. The van der Waals surface area contributed by atoms with Gasteiger partial charge in [0, 0.05) is 22.5 Å². The molecule has 2 aromatic carbocycles. The first-order chi connectivity index (χ1) is 12.5. The first-order valence-electron chi connectivity index (χ1n) is 8.33. The molecule has 26 heavy (non-hydrogen) atoms. The van der Waals surface area contributed by atoms with Gasteiger partial charge in [0.15, 0.2) is 0 Å². The fourth-order valence-electron chi connectivity index (χ4n) is 2.86. The Kier molecular flexibility index (Phi) is 5.38. The molecule has 1 aromatic heterocycles. The summed E-state index contributed by atoms with van der Waals surface area (Å²) >= 11 is 5.86. The zero-order valence-electron chi connectivity index (χ0n) is 14.9. The summed E-state index contributed by atoms with van der Waals surface area (Å²) in [4.78, 5) is 12.2. The van der Waals surface area contributed by atoms with Crippen molar-refractivity contribution in [3.63, 3.8) is 0 Å². The highest BCUT2D eigenvalue weighted by Crippen LogP contribution is 2.31. The van der Waals surface area contributed by atoms with Crippen molar-refractivity contribution < 1.29 is 13.9 Å². The highest BCUT2D eigenvalue weighted by molar-refractivity contribution is 6.30. The minimum atomic E-state index is -0.265. The smallest absolute Gasteiger partial charge is 0.315 e. The number of carbonyl (C=O) groups is 1. The van der Waals surface area contributed by atoms with Crippen LogP contribution < -0.4 is 15.4 Å². The van der Waals surface area contributed by atoms with Crippen LogP contribution in [-0.2, 0) is 6.54 Å². The molecule has 136 valence electrons. The van der Waals surface area contributed by atoms with Gasteiger partial charge in [-0.25, -0.2) is 4.79 Å². The summed E-state index contributed by atoms with van der Waals surface area (Å²) in [7, 11) is 1.63. The summed E-state index contributed by atoms with van der Waals surface area (Å²) in [5, 5.41) is 7.39. The molecule has 2 N–H and O–H groups in total. The molecule has 0 aliphatic rings. The predicted octanol–water partition coefficient (Wildman–Crippen LogP) is 4.96. The van der Waals surface area contributed by atoms with E-state index in [0.29, 0.717) is 11.6 Å². The van der Waals surface area contributed by atoms with Gasteiger partial charge in [0.25, 0.3) is 0 Å². The number of urea groups is 1. The number of aryl methyl sites for hydroxylation is 1. The number of nitrogens with one attached hydrogen (secondary N) is 2. The second kappa shape index (κ2) is 7.70. The lowest BCUT2D eigenvalue weighted by Gasteiger charge is -2.13. The van der Waals surface area contributed by atoms with E-state index in [1.807, 2.05) is 44.2 Å². The maximum atomic E-state index is 12.2. The van der Waals surface area contributed by atoms with Gasteiger partial charge in [-0.3, -0.25) is 0 Å². The molecular weight excluding hydrogens is 352 g/mol. The van der Waals surface area contributed by atoms with E-state index in [2.05, 4.69) is 10.6 Å². The van der Waals surface area contributed by atoms with Crippen molar-refractivity contribution in [3.8, 4) is 5.75 Å². The lowest BCUT2D eigenvalue weighted by molar-refractivity contribution is 0.236. The number of furan rings is 1. The molecule has 2 amide bonds. The number of benzene rings is 2. The molecule has 0 aliphatic heterocycles. The average molecular weight is 373 g/mol. The second-order valence-electron chi connectivity index (χ2n) is 6.13. The Labute approximate surface area is 157 Å². The zero-order valence-corrected chi connectivity index (χ0v) is 15.7. The standard InChI is InChI=1S/C20H21ClN2O3/c1-12-17-10-16(25-3)8-9-18(17)26-19(12)13(2)23-20(24)22-11-14-4-6-15(21)7-5-14/h4-10,13H,11H2,1-3H3,(H2,22,23,24). The maximum Gasteiger partial charge on any atom is 0.315 e. The Balaban J connectivity index is 1.66. The highest BCUT2D eigenvalue weighted by Gasteiger charge is 2.18. The molecule has 1 atom stereocenters. The lowest BCUT2D eigenvalue weighted by atomic mass is 10.1. The van der Waals surface area contributed by atoms with Gasteiger partial charge in [0.05, 0.1) is 13.2 Å². The first kappa shape index (κ1) is 18.1. The van der Waals surface area contributed by atoms with Crippen molar-refractivity contribution in [2.45, 2.75) is 26.4 Å². The van der Waals surface area contributed by atoms with E-state index in [1.54, 1.807) is 19.2 Å². The maximum absolute atomic E-state index is 12.2. The third kappa shape index (κ3) is 3.94. The summed E-state index contributed by atoms with van der Waals surface area (Å²) in [5.74, 6) is 1.50. The van der Waals surface area contributed by atoms with Crippen LogP contribution in [0.3, 0.4) is 0 Å². The molecule has 0 saturated heterocycles. The topological polar surface area (TPSA) is 63.5 Å². The van der Waals surface area contributed by atoms with E-state index in [4.69, 9.17) is 20.8 Å². The van der Waals surface area contributed by atoms with Crippen molar-refractivity contribution in [2.24, 2.45) is 0 Å². The molecule has 0 spiro atoms. The number of fused-ring (bicyclic) bond motifs is 1. The van der Waals surface area contributed by atoms with Crippen LogP contribution in [0.2, 0.25) is 5.02 Å². The fraction of sp³-hybridized carbons (Fsp3) is 0.250. The summed E-state index contributed by atoms with van der Waals surface area (Å²) < 4.78 is 11.2. The number of halogens is 1. The van der Waals surface area contributed by atoms with Crippen molar-refractivity contribution in [1.82, 2.24) is 10.6 Å². The van der Waals surface area contributed by atoms with E-state index in [9.17, 15) is 4.79 Å². The number of carbonyl (C=O) groups excluding carboxylic acids is 1. The Morgan fingerprint density at radius 1 is 1.23 bits per heavy atom. The van der Waals surface area contributed by atoms with E-state index in [0.717, 1.165) is 33.6 Å². The normalized spacial score (nSPS) is 12.0. The minimum absolute atomic E-state index is 0.259. The molecule has 3 rings (SSSR count). The fourth-order valence-corrected chi connectivity index (χ4v) is 2.98.